The smallest absolute Gasteiger partial charge is 0.151 e. The van der Waals surface area contributed by atoms with E-state index in [9.17, 15) is 0 Å². The molecule has 13 rings (SSSR count). The zero-order chi connectivity index (χ0) is 39.3. The van der Waals surface area contributed by atoms with Gasteiger partial charge in [0.15, 0.2) is 5.58 Å². The molecule has 0 radical (unpaired) electrons. The van der Waals surface area contributed by atoms with Crippen molar-refractivity contribution in [2.24, 2.45) is 0 Å². The normalized spacial score (nSPS) is 12.0. The molecular formula is C55H34N4O. The first-order chi connectivity index (χ1) is 29.8. The van der Waals surface area contributed by atoms with E-state index in [1.165, 1.54) is 32.6 Å². The number of hydrogen-bond donors (Lipinski definition) is 0. The van der Waals surface area contributed by atoms with E-state index in [1.807, 2.05) is 24.5 Å². The van der Waals surface area contributed by atoms with Crippen LogP contribution in [0.15, 0.2) is 211 Å². The van der Waals surface area contributed by atoms with Gasteiger partial charge in [-0.1, -0.05) is 115 Å². The number of pyridine rings is 1. The maximum Gasteiger partial charge on any atom is 0.151 e. The molecule has 5 heteroatoms. The minimum absolute atomic E-state index is 0.782. The average molecular weight is 767 g/mol. The quantitative estimate of drug-likeness (QED) is 0.180. The van der Waals surface area contributed by atoms with Gasteiger partial charge in [0.25, 0.3) is 0 Å². The van der Waals surface area contributed by atoms with Crippen LogP contribution in [0.2, 0.25) is 0 Å². The monoisotopic (exact) mass is 766 g/mol. The second kappa shape index (κ2) is 12.7. The van der Waals surface area contributed by atoms with Crippen LogP contribution in [0.5, 0.6) is 0 Å². The van der Waals surface area contributed by atoms with E-state index < -0.39 is 0 Å². The third-order valence-corrected chi connectivity index (χ3v) is 12.4. The van der Waals surface area contributed by atoms with E-state index in [1.54, 1.807) is 6.26 Å². The third kappa shape index (κ3) is 4.66. The molecule has 280 valence electrons. The lowest BCUT2D eigenvalue weighted by molar-refractivity contribution is 0.593. The van der Waals surface area contributed by atoms with Gasteiger partial charge in [0.05, 0.1) is 38.8 Å². The molecule has 0 saturated carbocycles. The summed E-state index contributed by atoms with van der Waals surface area (Å²) in [6.45, 7) is 0. The highest BCUT2D eigenvalue weighted by Crippen LogP contribution is 2.42. The molecule has 9 aromatic carbocycles. The standard InChI is InChI=1S/C55H34N4O/c1-2-14-35(15-3-1)57-30-31-60-53-34-46-44(33-52(53)57)42-21-12-26-51(54(42)41-20-5-4-16-37(41)43-22-13-29-56-55(43)46)59-49-25-11-8-19-40(49)45-32-36(27-28-50(45)59)58-47-23-9-6-17-38(47)39-18-7-10-24-48(39)58/h1-34H. The van der Waals surface area contributed by atoms with Gasteiger partial charge in [-0.15, -0.1) is 0 Å². The summed E-state index contributed by atoms with van der Waals surface area (Å²) in [4.78, 5) is 5.09. The zero-order valence-corrected chi connectivity index (χ0v) is 32.3. The Labute approximate surface area is 343 Å². The lowest BCUT2D eigenvalue weighted by Crippen LogP contribution is -1.98. The molecular weight excluding hydrogens is 733 g/mol. The Bertz CT molecular complexity index is 3900. The fraction of sp³-hybridized carbons (Fsp3) is 0. The zero-order valence-electron chi connectivity index (χ0n) is 32.3. The molecule has 60 heavy (non-hydrogen) atoms. The van der Waals surface area contributed by atoms with E-state index in [2.05, 4.69) is 190 Å². The Morgan fingerprint density at radius 2 is 0.967 bits per heavy atom. The summed E-state index contributed by atoms with van der Waals surface area (Å²) in [5, 5.41) is 12.7. The summed E-state index contributed by atoms with van der Waals surface area (Å²) in [5.74, 6) is 0. The van der Waals surface area contributed by atoms with Crippen molar-refractivity contribution in [3.8, 4) is 17.1 Å². The number of para-hydroxylation sites is 4. The number of hydrogen-bond acceptors (Lipinski definition) is 2. The van der Waals surface area contributed by atoms with Gasteiger partial charge in [-0.05, 0) is 94.3 Å². The van der Waals surface area contributed by atoms with Gasteiger partial charge in [-0.25, -0.2) is 0 Å². The van der Waals surface area contributed by atoms with Crippen LogP contribution in [0.1, 0.15) is 0 Å². The molecule has 0 aliphatic rings. The number of nitrogens with zero attached hydrogens (tertiary/aromatic N) is 4. The van der Waals surface area contributed by atoms with E-state index in [-0.39, 0.29) is 0 Å². The third-order valence-electron chi connectivity index (χ3n) is 12.4. The van der Waals surface area contributed by atoms with Gasteiger partial charge in [0.2, 0.25) is 0 Å². The molecule has 13 aromatic rings. The Kier molecular flexibility index (Phi) is 6.95. The van der Waals surface area contributed by atoms with Crippen molar-refractivity contribution in [2.45, 2.75) is 0 Å². The molecule has 4 heterocycles. The highest BCUT2D eigenvalue weighted by atomic mass is 16.3. The molecule has 0 aliphatic heterocycles. The summed E-state index contributed by atoms with van der Waals surface area (Å²) >= 11 is 0. The van der Waals surface area contributed by atoms with Gasteiger partial charge in [-0.3, -0.25) is 4.98 Å². The van der Waals surface area contributed by atoms with Crippen LogP contribution in [0.3, 0.4) is 0 Å². The van der Waals surface area contributed by atoms with E-state index in [0.29, 0.717) is 0 Å². The van der Waals surface area contributed by atoms with Crippen molar-refractivity contribution in [1.29, 1.82) is 0 Å². The minimum atomic E-state index is 0.782. The van der Waals surface area contributed by atoms with Gasteiger partial charge >= 0.3 is 0 Å². The Hall–Kier alpha value is -8.15. The summed E-state index contributed by atoms with van der Waals surface area (Å²) in [6.07, 6.45) is 5.66. The first-order valence-electron chi connectivity index (χ1n) is 20.4. The SMILES string of the molecule is c1ccc(-n2ccoc3cc4c(cc32)c2cccc(-n3c5ccccc5c5cc(-n6c7ccccc7c7ccccc76)ccc53)c2c2ccccc2c2cccnc24)cc1. The highest BCUT2D eigenvalue weighted by Gasteiger charge is 2.20. The van der Waals surface area contributed by atoms with Crippen LogP contribution < -0.4 is 0 Å². The number of benzene rings is 8. The summed E-state index contributed by atoms with van der Waals surface area (Å²) in [6, 6.07) is 68.0. The summed E-state index contributed by atoms with van der Waals surface area (Å²) < 4.78 is 13.4. The van der Waals surface area contributed by atoms with Crippen molar-refractivity contribution < 1.29 is 4.42 Å². The molecule has 0 spiro atoms. The number of aromatic nitrogens is 4. The lowest BCUT2D eigenvalue weighted by Gasteiger charge is -2.16. The summed E-state index contributed by atoms with van der Waals surface area (Å²) in [5.41, 5.74) is 10.7. The van der Waals surface area contributed by atoms with Crippen molar-refractivity contribution in [3.63, 3.8) is 0 Å². The molecule has 0 saturated heterocycles. The molecule has 0 atom stereocenters. The maximum absolute atomic E-state index is 6.29. The van der Waals surface area contributed by atoms with Gasteiger partial charge in [-0.2, -0.15) is 0 Å². The molecule has 5 nitrogen and oxygen atoms in total. The van der Waals surface area contributed by atoms with Crippen LogP contribution in [-0.2, 0) is 0 Å². The van der Waals surface area contributed by atoms with Gasteiger partial charge < -0.3 is 18.1 Å². The number of fused-ring (bicyclic) bond motifs is 15. The highest BCUT2D eigenvalue weighted by molar-refractivity contribution is 6.28. The molecule has 0 aliphatic carbocycles. The molecule has 0 fully saturated rings. The van der Waals surface area contributed by atoms with E-state index in [0.717, 1.165) is 82.4 Å². The average Bonchev–Trinajstić information content (AvgIpc) is 3.83. The Morgan fingerprint density at radius 3 is 1.73 bits per heavy atom. The van der Waals surface area contributed by atoms with Crippen LogP contribution in [-0.4, -0.2) is 18.7 Å². The Morgan fingerprint density at radius 1 is 0.367 bits per heavy atom. The topological polar surface area (TPSA) is 40.8 Å². The molecule has 4 aromatic heterocycles. The van der Waals surface area contributed by atoms with E-state index in [4.69, 9.17) is 9.40 Å². The van der Waals surface area contributed by atoms with E-state index >= 15 is 0 Å². The van der Waals surface area contributed by atoms with Crippen LogP contribution in [0, 0.1) is 0 Å². The van der Waals surface area contributed by atoms with Crippen LogP contribution in [0.25, 0.3) is 115 Å². The Balaban J connectivity index is 1.19. The first kappa shape index (κ1) is 32.9. The summed E-state index contributed by atoms with van der Waals surface area (Å²) in [7, 11) is 0. The molecule has 0 bridgehead atoms. The van der Waals surface area contributed by atoms with Crippen molar-refractivity contribution in [2.75, 3.05) is 0 Å². The number of rotatable bonds is 3. The fourth-order valence-electron chi connectivity index (χ4n) is 9.90. The predicted octanol–water partition coefficient (Wildman–Crippen LogP) is 14.5. The lowest BCUT2D eigenvalue weighted by atomic mass is 9.95. The molecule has 0 unspecified atom stereocenters. The van der Waals surface area contributed by atoms with Gasteiger partial charge in [0.1, 0.15) is 6.26 Å². The second-order valence-electron chi connectivity index (χ2n) is 15.5. The maximum atomic E-state index is 6.29. The van der Waals surface area contributed by atoms with Crippen LogP contribution in [0.4, 0.5) is 0 Å². The minimum Gasteiger partial charge on any atom is -0.461 e. The largest absolute Gasteiger partial charge is 0.461 e. The van der Waals surface area contributed by atoms with Crippen molar-refractivity contribution in [3.05, 3.63) is 207 Å². The van der Waals surface area contributed by atoms with Crippen LogP contribution >= 0.6 is 0 Å². The predicted molar refractivity (Wildman–Crippen MR) is 250 cm³/mol. The first-order valence-corrected chi connectivity index (χ1v) is 20.4. The van der Waals surface area contributed by atoms with Crippen molar-refractivity contribution in [1.82, 2.24) is 18.7 Å². The fourth-order valence-corrected chi connectivity index (χ4v) is 9.90. The van der Waals surface area contributed by atoms with Gasteiger partial charge in [0, 0.05) is 61.5 Å². The van der Waals surface area contributed by atoms with Crippen molar-refractivity contribution >= 4 is 97.9 Å². The molecule has 0 N–H and O–H groups in total. The molecule has 0 amide bonds. The second-order valence-corrected chi connectivity index (χ2v) is 15.5.